The minimum atomic E-state index is 0.688. The smallest absolute Gasteiger partial charge is 0.0661 e. The lowest BCUT2D eigenvalue weighted by molar-refractivity contribution is 0.880. The molecule has 0 atom stereocenters. The second kappa shape index (κ2) is 3.52. The van der Waals surface area contributed by atoms with Crippen LogP contribution in [0.2, 0.25) is 5.02 Å². The summed E-state index contributed by atoms with van der Waals surface area (Å²) in [5, 5.41) is 4.79. The Labute approximate surface area is 89.3 Å². The third-order valence-corrected chi connectivity index (χ3v) is 2.90. The molecule has 2 nitrogen and oxygen atoms in total. The summed E-state index contributed by atoms with van der Waals surface area (Å²) in [5.74, 6) is 0. The largest absolute Gasteiger partial charge is 0.241 e. The van der Waals surface area contributed by atoms with Crippen molar-refractivity contribution in [3.05, 3.63) is 46.2 Å². The number of rotatable bonds is 1. The quantitative estimate of drug-likeness (QED) is 0.766. The molecule has 0 radical (unpaired) electrons. The van der Waals surface area contributed by atoms with Crippen molar-refractivity contribution in [1.29, 1.82) is 0 Å². The molecule has 1 aromatic heterocycles. The van der Waals surface area contributed by atoms with Crippen molar-refractivity contribution in [2.45, 2.75) is 0 Å². The lowest BCUT2D eigenvalue weighted by atomic mass is 10.3. The third kappa shape index (κ3) is 1.76. The number of hydrogen-bond acceptors (Lipinski definition) is 1. The molecular formula is C9H6BrClN2. The van der Waals surface area contributed by atoms with Crippen molar-refractivity contribution >= 4 is 27.5 Å². The molecule has 0 aliphatic carbocycles. The Kier molecular flexibility index (Phi) is 2.38. The minimum Gasteiger partial charge on any atom is -0.241 e. The van der Waals surface area contributed by atoms with Crippen molar-refractivity contribution < 1.29 is 0 Å². The standard InChI is InChI=1S/C9H6BrClN2/c10-8-3-2-7(6-9(8)11)13-5-1-4-12-13/h1-6H. The van der Waals surface area contributed by atoms with E-state index in [0.717, 1.165) is 10.2 Å². The van der Waals surface area contributed by atoms with Gasteiger partial charge in [0.1, 0.15) is 0 Å². The first-order valence-electron chi connectivity index (χ1n) is 3.72. The fraction of sp³-hybridized carbons (Fsp3) is 0. The predicted octanol–water partition coefficient (Wildman–Crippen LogP) is 3.29. The Hall–Kier alpha value is -0.800. The third-order valence-electron chi connectivity index (χ3n) is 1.67. The van der Waals surface area contributed by atoms with Gasteiger partial charge in [-0.1, -0.05) is 11.6 Å². The van der Waals surface area contributed by atoms with Crippen LogP contribution in [0.4, 0.5) is 0 Å². The van der Waals surface area contributed by atoms with Crippen LogP contribution in [-0.4, -0.2) is 9.78 Å². The molecule has 13 heavy (non-hydrogen) atoms. The van der Waals surface area contributed by atoms with E-state index in [1.165, 1.54) is 0 Å². The highest BCUT2D eigenvalue weighted by Crippen LogP contribution is 2.24. The van der Waals surface area contributed by atoms with E-state index in [1.54, 1.807) is 10.9 Å². The second-order valence-corrected chi connectivity index (χ2v) is 3.81. The van der Waals surface area contributed by atoms with E-state index < -0.39 is 0 Å². The number of benzene rings is 1. The number of halogens is 2. The minimum absolute atomic E-state index is 0.688. The lowest BCUT2D eigenvalue weighted by Crippen LogP contribution is -1.93. The van der Waals surface area contributed by atoms with Gasteiger partial charge in [-0.15, -0.1) is 0 Å². The monoisotopic (exact) mass is 256 g/mol. The average Bonchev–Trinajstić information content (AvgIpc) is 2.62. The molecule has 0 aliphatic rings. The van der Waals surface area contributed by atoms with Gasteiger partial charge >= 0.3 is 0 Å². The molecule has 1 aromatic carbocycles. The molecule has 0 saturated carbocycles. The highest BCUT2D eigenvalue weighted by Gasteiger charge is 2.00. The number of hydrogen-bond donors (Lipinski definition) is 0. The predicted molar refractivity (Wildman–Crippen MR) is 56.3 cm³/mol. The van der Waals surface area contributed by atoms with Crippen LogP contribution in [0.5, 0.6) is 0 Å². The Balaban J connectivity index is 2.49. The van der Waals surface area contributed by atoms with E-state index in [-0.39, 0.29) is 0 Å². The first-order valence-corrected chi connectivity index (χ1v) is 4.89. The zero-order chi connectivity index (χ0) is 9.26. The Morgan fingerprint density at radius 1 is 1.38 bits per heavy atom. The highest BCUT2D eigenvalue weighted by molar-refractivity contribution is 9.10. The van der Waals surface area contributed by atoms with E-state index in [4.69, 9.17) is 11.6 Å². The molecule has 0 unspecified atom stereocenters. The van der Waals surface area contributed by atoms with Crippen LogP contribution in [0, 0.1) is 0 Å². The van der Waals surface area contributed by atoms with E-state index in [0.29, 0.717) is 5.02 Å². The topological polar surface area (TPSA) is 17.8 Å². The summed E-state index contributed by atoms with van der Waals surface area (Å²) in [7, 11) is 0. The SMILES string of the molecule is Clc1cc(-n2cccn2)ccc1Br. The number of nitrogens with zero attached hydrogens (tertiary/aromatic N) is 2. The molecule has 0 aliphatic heterocycles. The molecule has 0 spiro atoms. The van der Waals surface area contributed by atoms with Gasteiger partial charge in [0, 0.05) is 16.9 Å². The van der Waals surface area contributed by atoms with Crippen molar-refractivity contribution in [1.82, 2.24) is 9.78 Å². The van der Waals surface area contributed by atoms with Gasteiger partial charge in [-0.25, -0.2) is 4.68 Å². The van der Waals surface area contributed by atoms with E-state index in [2.05, 4.69) is 21.0 Å². The van der Waals surface area contributed by atoms with Crippen molar-refractivity contribution in [2.24, 2.45) is 0 Å². The van der Waals surface area contributed by atoms with Crippen LogP contribution in [0.1, 0.15) is 0 Å². The molecule has 1 heterocycles. The van der Waals surface area contributed by atoms with Gasteiger partial charge in [0.25, 0.3) is 0 Å². The maximum Gasteiger partial charge on any atom is 0.0661 e. The highest BCUT2D eigenvalue weighted by atomic mass is 79.9. The molecule has 0 saturated heterocycles. The van der Waals surface area contributed by atoms with E-state index >= 15 is 0 Å². The van der Waals surface area contributed by atoms with Crippen molar-refractivity contribution in [3.8, 4) is 5.69 Å². The van der Waals surface area contributed by atoms with Gasteiger partial charge in [0.2, 0.25) is 0 Å². The van der Waals surface area contributed by atoms with Crippen LogP contribution in [0.3, 0.4) is 0 Å². The first kappa shape index (κ1) is 8.78. The van der Waals surface area contributed by atoms with E-state index in [1.807, 2.05) is 30.5 Å². The zero-order valence-electron chi connectivity index (χ0n) is 6.61. The van der Waals surface area contributed by atoms with Crippen LogP contribution in [-0.2, 0) is 0 Å². The molecular weight excluding hydrogens is 251 g/mol. The van der Waals surface area contributed by atoms with Gasteiger partial charge in [-0.2, -0.15) is 5.10 Å². The van der Waals surface area contributed by atoms with E-state index in [9.17, 15) is 0 Å². The zero-order valence-corrected chi connectivity index (χ0v) is 8.96. The Morgan fingerprint density at radius 3 is 2.85 bits per heavy atom. The molecule has 0 bridgehead atoms. The van der Waals surface area contributed by atoms with Gasteiger partial charge in [-0.05, 0) is 40.2 Å². The summed E-state index contributed by atoms with van der Waals surface area (Å²) >= 11 is 9.27. The Morgan fingerprint density at radius 2 is 2.23 bits per heavy atom. The molecule has 0 N–H and O–H groups in total. The number of aromatic nitrogens is 2. The van der Waals surface area contributed by atoms with Crippen LogP contribution in [0.25, 0.3) is 5.69 Å². The summed E-state index contributed by atoms with van der Waals surface area (Å²) in [6, 6.07) is 7.58. The van der Waals surface area contributed by atoms with Gasteiger partial charge in [-0.3, -0.25) is 0 Å². The molecule has 2 aromatic rings. The molecule has 66 valence electrons. The van der Waals surface area contributed by atoms with Crippen LogP contribution < -0.4 is 0 Å². The summed E-state index contributed by atoms with van der Waals surface area (Å²) < 4.78 is 2.66. The normalized spacial score (nSPS) is 10.3. The van der Waals surface area contributed by atoms with Crippen LogP contribution >= 0.6 is 27.5 Å². The van der Waals surface area contributed by atoms with Crippen molar-refractivity contribution in [3.63, 3.8) is 0 Å². The summed E-state index contributed by atoms with van der Waals surface area (Å²) in [6.07, 6.45) is 3.61. The maximum atomic E-state index is 5.94. The summed E-state index contributed by atoms with van der Waals surface area (Å²) in [5.41, 5.74) is 0.957. The van der Waals surface area contributed by atoms with Gasteiger partial charge in [0.05, 0.1) is 10.7 Å². The molecule has 4 heteroatoms. The second-order valence-electron chi connectivity index (χ2n) is 2.55. The average molecular weight is 258 g/mol. The summed E-state index contributed by atoms with van der Waals surface area (Å²) in [6.45, 7) is 0. The molecule has 2 rings (SSSR count). The summed E-state index contributed by atoms with van der Waals surface area (Å²) in [4.78, 5) is 0. The van der Waals surface area contributed by atoms with Crippen molar-refractivity contribution in [2.75, 3.05) is 0 Å². The van der Waals surface area contributed by atoms with Gasteiger partial charge < -0.3 is 0 Å². The Bertz CT molecular complexity index is 412. The fourth-order valence-electron chi connectivity index (χ4n) is 1.05. The fourth-order valence-corrected chi connectivity index (χ4v) is 1.47. The molecule has 0 amide bonds. The first-order chi connectivity index (χ1) is 6.27. The maximum absolute atomic E-state index is 5.94. The lowest BCUT2D eigenvalue weighted by Gasteiger charge is -2.02. The van der Waals surface area contributed by atoms with Gasteiger partial charge in [0.15, 0.2) is 0 Å². The van der Waals surface area contributed by atoms with Crippen LogP contribution in [0.15, 0.2) is 41.1 Å². The molecule has 0 fully saturated rings.